The van der Waals surface area contributed by atoms with Gasteiger partial charge >= 0.3 is 0 Å². The molecule has 0 aliphatic carbocycles. The maximum atomic E-state index is 12.2. The molecule has 0 spiro atoms. The van der Waals surface area contributed by atoms with Gasteiger partial charge in [0.2, 0.25) is 5.91 Å². The molecule has 2 fully saturated rings. The number of piperidine rings is 1. The van der Waals surface area contributed by atoms with Crippen LogP contribution in [0.5, 0.6) is 0 Å². The molecule has 1 N–H and O–H groups in total. The molecular formula is C16H24N4OS. The Bertz CT molecular complexity index is 531. The first-order valence-corrected chi connectivity index (χ1v) is 9.09. The molecule has 0 radical (unpaired) electrons. The second-order valence-electron chi connectivity index (χ2n) is 6.28. The highest BCUT2D eigenvalue weighted by Crippen LogP contribution is 2.27. The maximum Gasteiger partial charge on any atom is 0.230 e. The predicted octanol–water partition coefficient (Wildman–Crippen LogP) is 1.93. The lowest BCUT2D eigenvalue weighted by atomic mass is 9.99. The van der Waals surface area contributed by atoms with Crippen LogP contribution < -0.4 is 5.32 Å². The van der Waals surface area contributed by atoms with Crippen LogP contribution in [0.1, 0.15) is 37.1 Å². The van der Waals surface area contributed by atoms with Crippen molar-refractivity contribution in [1.29, 1.82) is 0 Å². The first-order chi connectivity index (χ1) is 10.6. The minimum absolute atomic E-state index is 0.102. The number of carbonyl (C=O) groups is 1. The highest BCUT2D eigenvalue weighted by atomic mass is 32.2. The van der Waals surface area contributed by atoms with Crippen molar-refractivity contribution in [1.82, 2.24) is 20.2 Å². The SMILES string of the molecule is Cc1cc(C)nc(SCC(=O)NC2CCN3CCCCC23)n1. The van der Waals surface area contributed by atoms with Crippen LogP contribution in [0.3, 0.4) is 0 Å². The van der Waals surface area contributed by atoms with E-state index in [1.807, 2.05) is 19.9 Å². The smallest absolute Gasteiger partial charge is 0.230 e. The number of amides is 1. The fourth-order valence-corrected chi connectivity index (χ4v) is 4.31. The number of aromatic nitrogens is 2. The van der Waals surface area contributed by atoms with Gasteiger partial charge in [-0.05, 0) is 45.7 Å². The first kappa shape index (κ1) is 15.7. The molecule has 22 heavy (non-hydrogen) atoms. The molecule has 120 valence electrons. The fraction of sp³-hybridized carbons (Fsp3) is 0.688. The summed E-state index contributed by atoms with van der Waals surface area (Å²) in [5.74, 6) is 0.497. The quantitative estimate of drug-likeness (QED) is 0.678. The number of aryl methyl sites for hydroxylation is 2. The van der Waals surface area contributed by atoms with Gasteiger partial charge < -0.3 is 5.32 Å². The van der Waals surface area contributed by atoms with Gasteiger partial charge in [-0.25, -0.2) is 9.97 Å². The van der Waals surface area contributed by atoms with E-state index in [1.54, 1.807) is 0 Å². The Kier molecular flexibility index (Phi) is 4.98. The molecule has 1 aromatic heterocycles. The minimum atomic E-state index is 0.102. The lowest BCUT2D eigenvalue weighted by molar-refractivity contribution is -0.119. The number of nitrogens with zero attached hydrogens (tertiary/aromatic N) is 3. The molecule has 2 atom stereocenters. The summed E-state index contributed by atoms with van der Waals surface area (Å²) in [6, 6.07) is 2.83. The third kappa shape index (κ3) is 3.79. The molecule has 0 aromatic carbocycles. The Balaban J connectivity index is 1.50. The minimum Gasteiger partial charge on any atom is -0.351 e. The number of fused-ring (bicyclic) bond motifs is 1. The van der Waals surface area contributed by atoms with Gasteiger partial charge in [0.15, 0.2) is 5.16 Å². The van der Waals surface area contributed by atoms with Crippen LogP contribution in [0.2, 0.25) is 0 Å². The largest absolute Gasteiger partial charge is 0.351 e. The van der Waals surface area contributed by atoms with E-state index in [0.717, 1.165) is 24.4 Å². The average Bonchev–Trinajstić information content (AvgIpc) is 2.88. The molecule has 3 heterocycles. The number of carbonyl (C=O) groups excluding carboxylic acids is 1. The maximum absolute atomic E-state index is 12.2. The van der Waals surface area contributed by atoms with Gasteiger partial charge in [0.25, 0.3) is 0 Å². The molecule has 5 nitrogen and oxygen atoms in total. The molecule has 3 rings (SSSR count). The highest BCUT2D eigenvalue weighted by Gasteiger charge is 2.36. The van der Waals surface area contributed by atoms with Crippen molar-refractivity contribution in [2.24, 2.45) is 0 Å². The van der Waals surface area contributed by atoms with E-state index >= 15 is 0 Å². The molecule has 0 saturated carbocycles. The molecule has 2 aliphatic heterocycles. The van der Waals surface area contributed by atoms with Gasteiger partial charge in [-0.2, -0.15) is 0 Å². The Morgan fingerprint density at radius 2 is 2.05 bits per heavy atom. The summed E-state index contributed by atoms with van der Waals surface area (Å²) < 4.78 is 0. The summed E-state index contributed by atoms with van der Waals surface area (Å²) in [6.45, 7) is 6.23. The van der Waals surface area contributed by atoms with Gasteiger partial charge in [-0.1, -0.05) is 18.2 Å². The summed E-state index contributed by atoms with van der Waals surface area (Å²) in [7, 11) is 0. The first-order valence-electron chi connectivity index (χ1n) is 8.10. The molecule has 2 unspecified atom stereocenters. The molecule has 0 bridgehead atoms. The number of rotatable bonds is 4. The lowest BCUT2D eigenvalue weighted by Gasteiger charge is -2.32. The van der Waals surface area contributed by atoms with Crippen molar-refractivity contribution in [3.8, 4) is 0 Å². The van der Waals surface area contributed by atoms with E-state index in [1.165, 1.54) is 37.6 Å². The third-order valence-electron chi connectivity index (χ3n) is 4.50. The number of nitrogens with one attached hydrogen (secondary N) is 1. The summed E-state index contributed by atoms with van der Waals surface area (Å²) in [5, 5.41) is 3.91. The van der Waals surface area contributed by atoms with Crippen LogP contribution in [0.15, 0.2) is 11.2 Å². The van der Waals surface area contributed by atoms with Crippen LogP contribution >= 0.6 is 11.8 Å². The van der Waals surface area contributed by atoms with Gasteiger partial charge in [0.05, 0.1) is 5.75 Å². The van der Waals surface area contributed by atoms with Crippen molar-refractivity contribution in [3.05, 3.63) is 17.5 Å². The zero-order valence-corrected chi connectivity index (χ0v) is 14.2. The zero-order valence-electron chi connectivity index (χ0n) is 13.3. The van der Waals surface area contributed by atoms with E-state index < -0.39 is 0 Å². The second kappa shape index (κ2) is 6.96. The highest BCUT2D eigenvalue weighted by molar-refractivity contribution is 7.99. The van der Waals surface area contributed by atoms with Crippen LogP contribution in [-0.4, -0.2) is 51.7 Å². The van der Waals surface area contributed by atoms with Crippen molar-refractivity contribution in [2.45, 2.75) is 56.8 Å². The van der Waals surface area contributed by atoms with Gasteiger partial charge in [-0.15, -0.1) is 0 Å². The van der Waals surface area contributed by atoms with E-state index in [4.69, 9.17) is 0 Å². The molecule has 1 amide bonds. The summed E-state index contributed by atoms with van der Waals surface area (Å²) in [5.41, 5.74) is 1.90. The topological polar surface area (TPSA) is 58.1 Å². The summed E-state index contributed by atoms with van der Waals surface area (Å²) in [4.78, 5) is 23.5. The van der Waals surface area contributed by atoms with Crippen LogP contribution in [0.4, 0.5) is 0 Å². The molecular weight excluding hydrogens is 296 g/mol. The molecule has 6 heteroatoms. The van der Waals surface area contributed by atoms with Crippen molar-refractivity contribution in [3.63, 3.8) is 0 Å². The van der Waals surface area contributed by atoms with Crippen LogP contribution in [-0.2, 0) is 4.79 Å². The summed E-state index contributed by atoms with van der Waals surface area (Å²) >= 11 is 1.42. The Hall–Kier alpha value is -1.14. The number of hydrogen-bond donors (Lipinski definition) is 1. The number of thioether (sulfide) groups is 1. The number of hydrogen-bond acceptors (Lipinski definition) is 5. The van der Waals surface area contributed by atoms with E-state index in [9.17, 15) is 4.79 Å². The third-order valence-corrected chi connectivity index (χ3v) is 5.34. The van der Waals surface area contributed by atoms with E-state index in [-0.39, 0.29) is 5.91 Å². The lowest BCUT2D eigenvalue weighted by Crippen LogP contribution is -2.47. The average molecular weight is 320 g/mol. The van der Waals surface area contributed by atoms with E-state index in [2.05, 4.69) is 20.2 Å². The Labute approximate surface area is 136 Å². The Morgan fingerprint density at radius 3 is 2.82 bits per heavy atom. The molecule has 2 aliphatic rings. The zero-order chi connectivity index (χ0) is 15.5. The standard InChI is InChI=1S/C16H24N4OS/c1-11-9-12(2)18-16(17-11)22-10-15(21)19-13-6-8-20-7-4-3-5-14(13)20/h9,13-14H,3-8,10H2,1-2H3,(H,19,21). The second-order valence-corrected chi connectivity index (χ2v) is 7.23. The van der Waals surface area contributed by atoms with Gasteiger partial charge in [-0.3, -0.25) is 9.69 Å². The summed E-state index contributed by atoms with van der Waals surface area (Å²) in [6.07, 6.45) is 4.90. The normalized spacial score (nSPS) is 25.0. The Morgan fingerprint density at radius 1 is 1.27 bits per heavy atom. The van der Waals surface area contributed by atoms with Crippen molar-refractivity contribution < 1.29 is 4.79 Å². The molecule has 2 saturated heterocycles. The van der Waals surface area contributed by atoms with Crippen molar-refractivity contribution >= 4 is 17.7 Å². The van der Waals surface area contributed by atoms with Gasteiger partial charge in [0.1, 0.15) is 0 Å². The molecule has 1 aromatic rings. The van der Waals surface area contributed by atoms with Crippen LogP contribution in [0.25, 0.3) is 0 Å². The predicted molar refractivity (Wildman–Crippen MR) is 88.0 cm³/mol. The monoisotopic (exact) mass is 320 g/mol. The van der Waals surface area contributed by atoms with Gasteiger partial charge in [0, 0.05) is 30.0 Å². The fourth-order valence-electron chi connectivity index (χ4n) is 3.55. The van der Waals surface area contributed by atoms with E-state index in [0.29, 0.717) is 23.0 Å². The van der Waals surface area contributed by atoms with Crippen LogP contribution in [0, 0.1) is 13.8 Å². The van der Waals surface area contributed by atoms with Crippen molar-refractivity contribution in [2.75, 3.05) is 18.8 Å².